The largest absolute Gasteiger partial charge is 0.489 e. The van der Waals surface area contributed by atoms with E-state index < -0.39 is 0 Å². The normalized spacial score (nSPS) is 10.2. The van der Waals surface area contributed by atoms with E-state index in [2.05, 4.69) is 4.98 Å². The lowest BCUT2D eigenvalue weighted by atomic mass is 10.2. The monoisotopic (exact) mass is 291 g/mol. The Kier molecular flexibility index (Phi) is 4.67. The number of rotatable bonds is 6. The number of nitrogens with zero attached hydrogens (tertiary/aromatic N) is 1. The van der Waals surface area contributed by atoms with Crippen molar-refractivity contribution in [2.24, 2.45) is 0 Å². The van der Waals surface area contributed by atoms with Crippen molar-refractivity contribution in [3.63, 3.8) is 0 Å². The Morgan fingerprint density at radius 1 is 0.682 bits per heavy atom. The Morgan fingerprint density at radius 3 is 1.91 bits per heavy atom. The highest BCUT2D eigenvalue weighted by Gasteiger charge is 2.01. The number of pyridine rings is 1. The minimum Gasteiger partial charge on any atom is -0.489 e. The molecular formula is C19H17NO2. The van der Waals surface area contributed by atoms with Crippen LogP contribution < -0.4 is 9.47 Å². The molecule has 3 nitrogen and oxygen atoms in total. The molecule has 0 saturated carbocycles. The smallest absolute Gasteiger partial charge is 0.217 e. The quantitative estimate of drug-likeness (QED) is 0.680. The second-order valence-corrected chi connectivity index (χ2v) is 4.88. The average molecular weight is 291 g/mol. The molecule has 0 fully saturated rings. The second kappa shape index (κ2) is 7.27. The van der Waals surface area contributed by atoms with Crippen molar-refractivity contribution in [1.82, 2.24) is 4.98 Å². The lowest BCUT2D eigenvalue weighted by Gasteiger charge is -2.09. The van der Waals surface area contributed by atoms with Crippen molar-refractivity contribution in [1.29, 1.82) is 0 Å². The molecule has 0 aliphatic heterocycles. The summed E-state index contributed by atoms with van der Waals surface area (Å²) in [5, 5.41) is 0. The molecule has 0 unspecified atom stereocenters. The molecule has 0 bridgehead atoms. The maximum absolute atomic E-state index is 5.76. The first-order valence-corrected chi connectivity index (χ1v) is 7.20. The van der Waals surface area contributed by atoms with Gasteiger partial charge in [0.2, 0.25) is 5.88 Å². The third kappa shape index (κ3) is 4.09. The highest BCUT2D eigenvalue weighted by Crippen LogP contribution is 2.18. The van der Waals surface area contributed by atoms with Gasteiger partial charge in [-0.1, -0.05) is 60.7 Å². The lowest BCUT2D eigenvalue weighted by Crippen LogP contribution is -1.99. The maximum Gasteiger partial charge on any atom is 0.217 e. The van der Waals surface area contributed by atoms with Crippen LogP contribution in [-0.2, 0) is 13.2 Å². The summed E-state index contributed by atoms with van der Waals surface area (Å²) in [6.07, 6.45) is 1.70. The zero-order chi connectivity index (χ0) is 15.0. The number of aromatic nitrogens is 1. The summed E-state index contributed by atoms with van der Waals surface area (Å²) < 4.78 is 11.5. The molecule has 3 rings (SSSR count). The molecule has 22 heavy (non-hydrogen) atoms. The van der Waals surface area contributed by atoms with E-state index in [9.17, 15) is 0 Å². The molecule has 3 heteroatoms. The molecule has 0 aliphatic carbocycles. The molecule has 1 heterocycles. The van der Waals surface area contributed by atoms with Gasteiger partial charge in [0.05, 0.1) is 0 Å². The molecule has 0 radical (unpaired) electrons. The van der Waals surface area contributed by atoms with Crippen LogP contribution >= 0.6 is 0 Å². The van der Waals surface area contributed by atoms with Crippen molar-refractivity contribution in [2.75, 3.05) is 0 Å². The molecule has 2 aromatic carbocycles. The van der Waals surface area contributed by atoms with E-state index in [1.807, 2.05) is 72.8 Å². The molecule has 0 aliphatic rings. The average Bonchev–Trinajstić information content (AvgIpc) is 2.60. The van der Waals surface area contributed by atoms with E-state index in [1.54, 1.807) is 6.20 Å². The van der Waals surface area contributed by atoms with Crippen LogP contribution in [0.25, 0.3) is 0 Å². The van der Waals surface area contributed by atoms with Crippen LogP contribution in [0.3, 0.4) is 0 Å². The summed E-state index contributed by atoms with van der Waals surface area (Å²) in [6.45, 7) is 1.03. The van der Waals surface area contributed by atoms with Crippen molar-refractivity contribution >= 4 is 0 Å². The molecule has 110 valence electrons. The third-order valence-electron chi connectivity index (χ3n) is 3.18. The zero-order valence-corrected chi connectivity index (χ0v) is 12.2. The van der Waals surface area contributed by atoms with E-state index in [0.717, 1.165) is 16.9 Å². The third-order valence-corrected chi connectivity index (χ3v) is 3.18. The standard InChI is InChI=1S/C19H17NO2/c1-3-7-16(8-4-1)14-21-18-11-12-20-19(13-18)22-15-17-9-5-2-6-10-17/h1-13H,14-15H2. The Hall–Kier alpha value is -2.81. The van der Waals surface area contributed by atoms with E-state index in [0.29, 0.717) is 19.1 Å². The predicted octanol–water partition coefficient (Wildman–Crippen LogP) is 4.24. The molecule has 0 N–H and O–H groups in total. The maximum atomic E-state index is 5.76. The lowest BCUT2D eigenvalue weighted by molar-refractivity contribution is 0.281. The van der Waals surface area contributed by atoms with Crippen LogP contribution in [0.1, 0.15) is 11.1 Å². The minimum absolute atomic E-state index is 0.496. The summed E-state index contributed by atoms with van der Waals surface area (Å²) in [6, 6.07) is 23.7. The highest BCUT2D eigenvalue weighted by atomic mass is 16.5. The Balaban J connectivity index is 1.58. The van der Waals surface area contributed by atoms with Crippen LogP contribution in [0.15, 0.2) is 79.0 Å². The van der Waals surface area contributed by atoms with Crippen LogP contribution in [-0.4, -0.2) is 4.98 Å². The molecule has 3 aromatic rings. The molecule has 1 aromatic heterocycles. The second-order valence-electron chi connectivity index (χ2n) is 4.88. The van der Waals surface area contributed by atoms with Crippen LogP contribution in [0.5, 0.6) is 11.6 Å². The summed E-state index contributed by atoms with van der Waals surface area (Å²) >= 11 is 0. The molecule has 0 atom stereocenters. The van der Waals surface area contributed by atoms with Gasteiger partial charge in [0.1, 0.15) is 19.0 Å². The number of ether oxygens (including phenoxy) is 2. The molecule has 0 spiro atoms. The first-order chi connectivity index (χ1) is 10.9. The summed E-state index contributed by atoms with van der Waals surface area (Å²) in [5.41, 5.74) is 2.24. The Morgan fingerprint density at radius 2 is 1.27 bits per heavy atom. The summed E-state index contributed by atoms with van der Waals surface area (Å²) in [7, 11) is 0. The van der Waals surface area contributed by atoms with Gasteiger partial charge in [0, 0.05) is 12.3 Å². The van der Waals surface area contributed by atoms with Crippen molar-refractivity contribution in [3.8, 4) is 11.6 Å². The first kappa shape index (κ1) is 14.1. The van der Waals surface area contributed by atoms with Crippen molar-refractivity contribution in [3.05, 3.63) is 90.1 Å². The fourth-order valence-corrected chi connectivity index (χ4v) is 2.03. The van der Waals surface area contributed by atoms with Gasteiger partial charge in [0.15, 0.2) is 0 Å². The van der Waals surface area contributed by atoms with Gasteiger partial charge in [-0.3, -0.25) is 0 Å². The molecule has 0 amide bonds. The Labute approximate surface area is 130 Å². The van der Waals surface area contributed by atoms with Crippen molar-refractivity contribution < 1.29 is 9.47 Å². The van der Waals surface area contributed by atoms with Gasteiger partial charge >= 0.3 is 0 Å². The topological polar surface area (TPSA) is 31.4 Å². The molecular weight excluding hydrogens is 274 g/mol. The van der Waals surface area contributed by atoms with Crippen LogP contribution in [0.2, 0.25) is 0 Å². The van der Waals surface area contributed by atoms with Crippen molar-refractivity contribution in [2.45, 2.75) is 13.2 Å². The van der Waals surface area contributed by atoms with Gasteiger partial charge in [-0.25, -0.2) is 4.98 Å². The SMILES string of the molecule is c1ccc(COc2ccnc(OCc3ccccc3)c2)cc1. The van der Waals surface area contributed by atoms with Gasteiger partial charge in [0.25, 0.3) is 0 Å². The zero-order valence-electron chi connectivity index (χ0n) is 12.2. The molecule has 0 saturated heterocycles. The minimum atomic E-state index is 0.496. The number of hydrogen-bond acceptors (Lipinski definition) is 3. The van der Waals surface area contributed by atoms with Gasteiger partial charge < -0.3 is 9.47 Å². The van der Waals surface area contributed by atoms with E-state index in [1.165, 1.54) is 0 Å². The van der Waals surface area contributed by atoms with Crippen LogP contribution in [0.4, 0.5) is 0 Å². The number of hydrogen-bond donors (Lipinski definition) is 0. The van der Waals surface area contributed by atoms with Gasteiger partial charge in [-0.2, -0.15) is 0 Å². The summed E-state index contributed by atoms with van der Waals surface area (Å²) in [5.74, 6) is 1.32. The van der Waals surface area contributed by atoms with E-state index >= 15 is 0 Å². The predicted molar refractivity (Wildman–Crippen MR) is 85.8 cm³/mol. The highest BCUT2D eigenvalue weighted by molar-refractivity contribution is 5.27. The summed E-state index contributed by atoms with van der Waals surface area (Å²) in [4.78, 5) is 4.21. The van der Waals surface area contributed by atoms with E-state index in [4.69, 9.17) is 9.47 Å². The fourth-order valence-electron chi connectivity index (χ4n) is 2.03. The van der Waals surface area contributed by atoms with Gasteiger partial charge in [-0.05, 0) is 17.2 Å². The van der Waals surface area contributed by atoms with Crippen LogP contribution in [0, 0.1) is 0 Å². The van der Waals surface area contributed by atoms with E-state index in [-0.39, 0.29) is 0 Å². The fraction of sp³-hybridized carbons (Fsp3) is 0.105. The Bertz CT molecular complexity index is 640. The first-order valence-electron chi connectivity index (χ1n) is 7.20. The van der Waals surface area contributed by atoms with Gasteiger partial charge in [-0.15, -0.1) is 0 Å². The number of benzene rings is 2.